The number of hydrogen-bond donors (Lipinski definition) is 2. The van der Waals surface area contributed by atoms with Gasteiger partial charge in [-0.25, -0.2) is 9.97 Å². The van der Waals surface area contributed by atoms with Gasteiger partial charge in [0.1, 0.15) is 16.3 Å². The van der Waals surface area contributed by atoms with Crippen LogP contribution in [0.2, 0.25) is 5.15 Å². The molecule has 102 valence electrons. The monoisotopic (exact) mass is 285 g/mol. The predicted molar refractivity (Wildman–Crippen MR) is 64.9 cm³/mol. The van der Waals surface area contributed by atoms with Crippen LogP contribution in [0.4, 0.5) is 0 Å². The molecule has 1 aliphatic heterocycles. The van der Waals surface area contributed by atoms with Gasteiger partial charge >= 0.3 is 5.97 Å². The van der Waals surface area contributed by atoms with Crippen LogP contribution in [0.3, 0.4) is 0 Å². The van der Waals surface area contributed by atoms with Gasteiger partial charge in [0, 0.05) is 0 Å². The van der Waals surface area contributed by atoms with E-state index in [0.29, 0.717) is 0 Å². The van der Waals surface area contributed by atoms with Gasteiger partial charge in [0.2, 0.25) is 0 Å². The Morgan fingerprint density at radius 3 is 2.84 bits per heavy atom. The van der Waals surface area contributed by atoms with Crippen LogP contribution in [-0.2, 0) is 9.53 Å². The Hall–Kier alpha value is -1.73. The third-order valence-corrected chi connectivity index (χ3v) is 3.30. The van der Waals surface area contributed by atoms with Crippen molar-refractivity contribution in [3.05, 3.63) is 23.2 Å². The van der Waals surface area contributed by atoms with Crippen molar-refractivity contribution in [1.29, 1.82) is 0 Å². The van der Waals surface area contributed by atoms with Gasteiger partial charge in [-0.3, -0.25) is 9.59 Å². The number of carboxylic acid groups (broad SMARTS) is 1. The number of rotatable bonds is 3. The van der Waals surface area contributed by atoms with E-state index in [4.69, 9.17) is 16.3 Å². The lowest BCUT2D eigenvalue weighted by Gasteiger charge is -2.25. The van der Waals surface area contributed by atoms with Gasteiger partial charge in [0.25, 0.3) is 5.91 Å². The number of ether oxygens (including phenoxy) is 1. The molecule has 7 nitrogen and oxygen atoms in total. The zero-order chi connectivity index (χ0) is 14.0. The Kier molecular flexibility index (Phi) is 3.68. The van der Waals surface area contributed by atoms with E-state index in [-0.39, 0.29) is 24.1 Å². The smallest absolute Gasteiger partial charge is 0.313 e. The summed E-state index contributed by atoms with van der Waals surface area (Å²) in [7, 11) is 0. The average Bonchev–Trinajstić information content (AvgIpc) is 2.73. The Labute approximate surface area is 114 Å². The van der Waals surface area contributed by atoms with Crippen molar-refractivity contribution in [3.63, 3.8) is 0 Å². The Balaban J connectivity index is 2.10. The highest BCUT2D eigenvalue weighted by molar-refractivity contribution is 6.29. The number of halogens is 1. The number of aromatic nitrogens is 2. The number of nitrogens with zero attached hydrogens (tertiary/aromatic N) is 2. The van der Waals surface area contributed by atoms with Crippen LogP contribution in [0.15, 0.2) is 12.4 Å². The average molecular weight is 286 g/mol. The highest BCUT2D eigenvalue weighted by Gasteiger charge is 2.47. The van der Waals surface area contributed by atoms with Crippen molar-refractivity contribution in [2.75, 3.05) is 13.2 Å². The standard InChI is InChI=1S/C11H12ClN3O4/c1-11(10(17)18)5-19-4-7(11)15-9(16)6-2-14-8(12)3-13-6/h2-3,7H,4-5H2,1H3,(H,15,16)(H,17,18). The Bertz CT molecular complexity index is 507. The van der Waals surface area contributed by atoms with Gasteiger partial charge in [0.05, 0.1) is 31.6 Å². The topological polar surface area (TPSA) is 101 Å². The predicted octanol–water partition coefficient (Wildman–Crippen LogP) is 0.349. The molecule has 1 aliphatic rings. The second kappa shape index (κ2) is 5.10. The minimum Gasteiger partial charge on any atom is -0.481 e. The lowest BCUT2D eigenvalue weighted by atomic mass is 9.85. The second-order valence-corrected chi connectivity index (χ2v) is 4.88. The maximum absolute atomic E-state index is 11.9. The number of carbonyl (C=O) groups is 2. The van der Waals surface area contributed by atoms with E-state index in [1.54, 1.807) is 0 Å². The van der Waals surface area contributed by atoms with E-state index in [1.165, 1.54) is 19.3 Å². The Morgan fingerprint density at radius 2 is 2.26 bits per heavy atom. The molecule has 0 aromatic carbocycles. The zero-order valence-corrected chi connectivity index (χ0v) is 10.8. The molecule has 1 saturated heterocycles. The number of aliphatic carboxylic acids is 1. The molecule has 0 aliphatic carbocycles. The first-order chi connectivity index (χ1) is 8.93. The van der Waals surface area contributed by atoms with E-state index < -0.39 is 23.3 Å². The summed E-state index contributed by atoms with van der Waals surface area (Å²) < 4.78 is 5.14. The van der Waals surface area contributed by atoms with Gasteiger partial charge in [-0.2, -0.15) is 0 Å². The van der Waals surface area contributed by atoms with Gasteiger partial charge in [-0.05, 0) is 6.92 Å². The van der Waals surface area contributed by atoms with Gasteiger partial charge in [-0.15, -0.1) is 0 Å². The van der Waals surface area contributed by atoms with Crippen molar-refractivity contribution in [3.8, 4) is 0 Å². The minimum absolute atomic E-state index is 0.0551. The molecule has 2 rings (SSSR count). The molecule has 2 heterocycles. The molecule has 19 heavy (non-hydrogen) atoms. The fraction of sp³-hybridized carbons (Fsp3) is 0.455. The van der Waals surface area contributed by atoms with Crippen molar-refractivity contribution >= 4 is 23.5 Å². The summed E-state index contributed by atoms with van der Waals surface area (Å²) in [6, 6.07) is -0.616. The van der Waals surface area contributed by atoms with Crippen molar-refractivity contribution < 1.29 is 19.4 Å². The normalized spacial score (nSPS) is 26.1. The van der Waals surface area contributed by atoms with E-state index >= 15 is 0 Å². The fourth-order valence-corrected chi connectivity index (χ4v) is 1.84. The molecule has 0 radical (unpaired) electrons. The fourth-order valence-electron chi connectivity index (χ4n) is 1.75. The zero-order valence-electron chi connectivity index (χ0n) is 10.1. The quantitative estimate of drug-likeness (QED) is 0.831. The summed E-state index contributed by atoms with van der Waals surface area (Å²) in [6.07, 6.45) is 2.48. The van der Waals surface area contributed by atoms with Crippen LogP contribution >= 0.6 is 11.6 Å². The summed E-state index contributed by atoms with van der Waals surface area (Å²) in [5, 5.41) is 12.0. The first kappa shape index (κ1) is 13.7. The molecule has 2 unspecified atom stereocenters. The molecule has 2 atom stereocenters. The summed E-state index contributed by atoms with van der Waals surface area (Å²) in [5.41, 5.74) is -1.07. The molecular weight excluding hydrogens is 274 g/mol. The van der Waals surface area contributed by atoms with Crippen LogP contribution in [0.5, 0.6) is 0 Å². The molecule has 1 fully saturated rings. The van der Waals surface area contributed by atoms with Crippen LogP contribution in [0.25, 0.3) is 0 Å². The highest BCUT2D eigenvalue weighted by Crippen LogP contribution is 2.28. The van der Waals surface area contributed by atoms with Crippen molar-refractivity contribution in [2.24, 2.45) is 5.41 Å². The lowest BCUT2D eigenvalue weighted by molar-refractivity contribution is -0.148. The number of hydrogen-bond acceptors (Lipinski definition) is 5. The van der Waals surface area contributed by atoms with E-state index in [0.717, 1.165) is 0 Å². The summed E-state index contributed by atoms with van der Waals surface area (Å²) in [4.78, 5) is 30.7. The Morgan fingerprint density at radius 1 is 1.53 bits per heavy atom. The summed E-state index contributed by atoms with van der Waals surface area (Å²) in [5.74, 6) is -1.52. The lowest BCUT2D eigenvalue weighted by Crippen LogP contribution is -2.49. The highest BCUT2D eigenvalue weighted by atomic mass is 35.5. The third kappa shape index (κ3) is 2.66. The largest absolute Gasteiger partial charge is 0.481 e. The van der Waals surface area contributed by atoms with Gasteiger partial charge in [-0.1, -0.05) is 11.6 Å². The molecular formula is C11H12ClN3O4. The SMILES string of the molecule is CC1(C(=O)O)COCC1NC(=O)c1cnc(Cl)cn1. The van der Waals surface area contributed by atoms with E-state index in [9.17, 15) is 14.7 Å². The van der Waals surface area contributed by atoms with Crippen molar-refractivity contribution in [1.82, 2.24) is 15.3 Å². The van der Waals surface area contributed by atoms with Crippen LogP contribution < -0.4 is 5.32 Å². The summed E-state index contributed by atoms with van der Waals surface area (Å²) in [6.45, 7) is 1.73. The van der Waals surface area contributed by atoms with Crippen LogP contribution in [0, 0.1) is 5.41 Å². The van der Waals surface area contributed by atoms with Gasteiger partial charge in [0.15, 0.2) is 0 Å². The number of nitrogens with one attached hydrogen (secondary N) is 1. The van der Waals surface area contributed by atoms with Gasteiger partial charge < -0.3 is 15.2 Å². The second-order valence-electron chi connectivity index (χ2n) is 4.49. The summed E-state index contributed by atoms with van der Waals surface area (Å²) >= 11 is 5.57. The molecule has 8 heteroatoms. The molecule has 1 aromatic rings. The first-order valence-corrected chi connectivity index (χ1v) is 5.91. The maximum atomic E-state index is 11.9. The molecule has 0 saturated carbocycles. The molecule has 0 spiro atoms. The van der Waals surface area contributed by atoms with E-state index in [1.807, 2.05) is 0 Å². The number of amides is 1. The molecule has 2 N–H and O–H groups in total. The molecule has 1 aromatic heterocycles. The molecule has 0 bridgehead atoms. The van der Waals surface area contributed by atoms with Crippen LogP contribution in [0.1, 0.15) is 17.4 Å². The van der Waals surface area contributed by atoms with Crippen molar-refractivity contribution in [2.45, 2.75) is 13.0 Å². The minimum atomic E-state index is -1.14. The number of carbonyl (C=O) groups excluding carboxylic acids is 1. The third-order valence-electron chi connectivity index (χ3n) is 3.10. The first-order valence-electron chi connectivity index (χ1n) is 5.53. The molecule has 1 amide bonds. The number of carboxylic acids is 1. The van der Waals surface area contributed by atoms with E-state index in [2.05, 4.69) is 15.3 Å². The maximum Gasteiger partial charge on any atom is 0.313 e. The van der Waals surface area contributed by atoms with Crippen LogP contribution in [-0.4, -0.2) is 46.2 Å².